The van der Waals surface area contributed by atoms with E-state index in [2.05, 4.69) is 87.9 Å². The van der Waals surface area contributed by atoms with E-state index in [0.717, 1.165) is 53.9 Å². The maximum atomic E-state index is 11.8. The molecular formula is C58H82O10Si. The molecule has 0 spiro atoms. The molecule has 378 valence electrons. The van der Waals surface area contributed by atoms with Gasteiger partial charge < -0.3 is 38.7 Å². The van der Waals surface area contributed by atoms with E-state index in [4.69, 9.17) is 23.4 Å². The number of para-hydroxylation sites is 2. The Balaban J connectivity index is 0.000000263. The third-order valence-electron chi connectivity index (χ3n) is 14.9. The van der Waals surface area contributed by atoms with E-state index in [-0.39, 0.29) is 70.8 Å². The SMILES string of the molecule is CC#CC[C@H](C)[C@H](O)/C=C/[C@@H]1[C@H]2c3cccc(CCCC(=O)OCC)c3O[C@H]2C[C@H]1O.CC#CC[C@H](C)[C@H](O)/C=C/[C@@H]1[C@H]2c3cccc(CCCC(=O)OCC)c3O[C@H]2C[C@H]1O[Si](C)(C)C(C)(C)C. The minimum absolute atomic E-state index is 0.0381. The average molecular weight is 967 g/mol. The van der Waals surface area contributed by atoms with Gasteiger partial charge in [-0.15, -0.1) is 23.7 Å². The van der Waals surface area contributed by atoms with Crippen molar-refractivity contribution in [1.82, 2.24) is 0 Å². The third-order valence-corrected chi connectivity index (χ3v) is 19.4. The molecule has 2 aromatic rings. The van der Waals surface area contributed by atoms with Crippen LogP contribution < -0.4 is 9.47 Å². The molecule has 10 nitrogen and oxygen atoms in total. The van der Waals surface area contributed by atoms with Gasteiger partial charge in [0.25, 0.3) is 0 Å². The lowest BCUT2D eigenvalue weighted by Crippen LogP contribution is -2.45. The van der Waals surface area contributed by atoms with Crippen LogP contribution >= 0.6 is 0 Å². The van der Waals surface area contributed by atoms with E-state index < -0.39 is 26.6 Å². The van der Waals surface area contributed by atoms with E-state index in [1.54, 1.807) is 13.0 Å². The largest absolute Gasteiger partial charge is 0.489 e. The number of benzene rings is 2. The summed E-state index contributed by atoms with van der Waals surface area (Å²) in [7, 11) is -2.01. The number of hydrogen-bond acceptors (Lipinski definition) is 10. The molecule has 0 amide bonds. The van der Waals surface area contributed by atoms with Gasteiger partial charge >= 0.3 is 11.9 Å². The first-order chi connectivity index (χ1) is 32.8. The molecule has 0 radical (unpaired) electrons. The highest BCUT2D eigenvalue weighted by Gasteiger charge is 2.53. The van der Waals surface area contributed by atoms with Crippen molar-refractivity contribution < 1.29 is 48.3 Å². The predicted molar refractivity (Wildman–Crippen MR) is 275 cm³/mol. The Morgan fingerprint density at radius 1 is 0.754 bits per heavy atom. The molecule has 6 rings (SSSR count). The average Bonchev–Trinajstić information content (AvgIpc) is 4.03. The second-order valence-corrected chi connectivity index (χ2v) is 25.7. The smallest absolute Gasteiger partial charge is 0.305 e. The van der Waals surface area contributed by atoms with Crippen molar-refractivity contribution in [3.63, 3.8) is 0 Å². The number of aliphatic hydroxyl groups is 3. The van der Waals surface area contributed by atoms with E-state index in [0.29, 0.717) is 51.7 Å². The van der Waals surface area contributed by atoms with Crippen LogP contribution in [-0.4, -0.2) is 85.4 Å². The first-order valence-corrected chi connectivity index (χ1v) is 28.5. The third kappa shape index (κ3) is 14.4. The van der Waals surface area contributed by atoms with Crippen LogP contribution in [-0.2, 0) is 36.3 Å². The predicted octanol–water partition coefficient (Wildman–Crippen LogP) is 10.6. The summed E-state index contributed by atoms with van der Waals surface area (Å²) in [5.41, 5.74) is 4.58. The van der Waals surface area contributed by atoms with Gasteiger partial charge in [0.2, 0.25) is 0 Å². The highest BCUT2D eigenvalue weighted by atomic mass is 28.4. The number of carbonyl (C=O) groups is 2. The summed E-state index contributed by atoms with van der Waals surface area (Å²) < 4.78 is 30.0. The molecule has 2 saturated carbocycles. The zero-order chi connectivity index (χ0) is 50.5. The van der Waals surface area contributed by atoms with E-state index in [9.17, 15) is 24.9 Å². The molecule has 0 saturated heterocycles. The van der Waals surface area contributed by atoms with Gasteiger partial charge in [-0.1, -0.05) is 95.3 Å². The Morgan fingerprint density at radius 3 is 1.65 bits per heavy atom. The monoisotopic (exact) mass is 967 g/mol. The molecule has 2 fully saturated rings. The molecule has 0 unspecified atom stereocenters. The number of ether oxygens (including phenoxy) is 4. The number of rotatable bonds is 20. The van der Waals surface area contributed by atoms with Crippen molar-refractivity contribution in [3.05, 3.63) is 83.0 Å². The lowest BCUT2D eigenvalue weighted by Gasteiger charge is -2.40. The Kier molecular flexibility index (Phi) is 20.7. The number of aliphatic hydroxyl groups excluding tert-OH is 3. The van der Waals surface area contributed by atoms with Crippen LogP contribution in [0.4, 0.5) is 0 Å². The summed E-state index contributed by atoms with van der Waals surface area (Å²) in [6.45, 7) is 23.5. The number of aryl methyl sites for hydroxylation is 2. The molecule has 12 atom stereocenters. The molecule has 0 bridgehead atoms. The van der Waals surface area contributed by atoms with Gasteiger partial charge in [-0.2, -0.15) is 0 Å². The molecular weight excluding hydrogens is 885 g/mol. The fraction of sp³-hybridized carbons (Fsp3) is 0.621. The highest BCUT2D eigenvalue weighted by molar-refractivity contribution is 6.74. The van der Waals surface area contributed by atoms with Gasteiger partial charge in [0.15, 0.2) is 8.32 Å². The lowest BCUT2D eigenvalue weighted by molar-refractivity contribution is -0.144. The Bertz CT molecular complexity index is 2200. The van der Waals surface area contributed by atoms with Crippen LogP contribution in [0.15, 0.2) is 60.7 Å². The standard InChI is InChI=1S/C32H48O5Si.C26H34O5/c1-9-11-14-22(3)26(33)20-19-24-27(37-38(7,8)32(4,5)6)21-28-30(24)25-17-12-15-23(31(25)36-28)16-13-18-29(34)35-10-2;1-4-6-9-17(3)21(27)15-14-19-22(28)16-23-25(19)20-12-7-10-18(26(20)31-23)11-8-13-24(29)30-5-2/h12,15,17,19-20,22,24,26-28,30,33H,10,13-14,16,18,21H2,1-8H3;7,10,12,14-15,17,19,21-23,25,27-28H,5,8-9,11,13,16H2,1-3H3/b20-19+;15-14+/t22-,24-,26+,27+,28-,30-;17-,19-,21+,22+,23-,25-/m00/s1. The van der Waals surface area contributed by atoms with Crippen molar-refractivity contribution >= 4 is 20.3 Å². The zero-order valence-corrected chi connectivity index (χ0v) is 44.4. The van der Waals surface area contributed by atoms with Crippen molar-refractivity contribution in [2.24, 2.45) is 23.7 Å². The molecule has 2 aliphatic heterocycles. The Morgan fingerprint density at radius 2 is 1.20 bits per heavy atom. The van der Waals surface area contributed by atoms with Gasteiger partial charge in [-0.25, -0.2) is 0 Å². The second-order valence-electron chi connectivity index (χ2n) is 20.9. The van der Waals surface area contributed by atoms with Crippen LogP contribution in [0.25, 0.3) is 0 Å². The van der Waals surface area contributed by atoms with Crippen molar-refractivity contribution in [3.8, 4) is 35.2 Å². The highest BCUT2D eigenvalue weighted by Crippen LogP contribution is 2.55. The summed E-state index contributed by atoms with van der Waals surface area (Å²) in [6, 6.07) is 12.5. The first kappa shape index (κ1) is 55.6. The molecule has 2 aromatic carbocycles. The summed E-state index contributed by atoms with van der Waals surface area (Å²) in [5, 5.41) is 32.1. The minimum Gasteiger partial charge on any atom is -0.489 e. The van der Waals surface area contributed by atoms with Crippen LogP contribution in [0.3, 0.4) is 0 Å². The number of hydrogen-bond donors (Lipinski definition) is 3. The van der Waals surface area contributed by atoms with Crippen LogP contribution in [0.5, 0.6) is 11.5 Å². The maximum absolute atomic E-state index is 11.8. The van der Waals surface area contributed by atoms with Crippen LogP contribution in [0.1, 0.15) is 148 Å². The fourth-order valence-electron chi connectivity index (χ4n) is 9.93. The molecule has 2 heterocycles. The van der Waals surface area contributed by atoms with Crippen LogP contribution in [0, 0.1) is 47.4 Å². The molecule has 0 aromatic heterocycles. The summed E-state index contributed by atoms with van der Waals surface area (Å²) in [6.07, 6.45) is 12.8. The first-order valence-electron chi connectivity index (χ1n) is 25.6. The maximum Gasteiger partial charge on any atom is 0.305 e. The van der Waals surface area contributed by atoms with E-state index in [1.165, 1.54) is 5.56 Å². The molecule has 11 heteroatoms. The molecule has 3 N–H and O–H groups in total. The van der Waals surface area contributed by atoms with Gasteiger partial charge in [0, 0.05) is 73.3 Å². The lowest BCUT2D eigenvalue weighted by atomic mass is 9.86. The summed E-state index contributed by atoms with van der Waals surface area (Å²) in [4.78, 5) is 23.4. The van der Waals surface area contributed by atoms with E-state index >= 15 is 0 Å². The number of esters is 2. The number of fused-ring (bicyclic) bond motifs is 6. The van der Waals surface area contributed by atoms with Crippen molar-refractivity contribution in [2.45, 2.75) is 193 Å². The Hall–Kier alpha value is -4.36. The van der Waals surface area contributed by atoms with Gasteiger partial charge in [-0.3, -0.25) is 9.59 Å². The number of carbonyl (C=O) groups excluding carboxylic acids is 2. The zero-order valence-electron chi connectivity index (χ0n) is 43.4. The summed E-state index contributed by atoms with van der Waals surface area (Å²) >= 11 is 0. The van der Waals surface area contributed by atoms with Gasteiger partial charge in [0.05, 0.1) is 37.6 Å². The topological polar surface area (TPSA) is 141 Å². The van der Waals surface area contributed by atoms with Gasteiger partial charge in [-0.05, 0) is 94.5 Å². The molecule has 4 aliphatic rings. The van der Waals surface area contributed by atoms with Gasteiger partial charge in [0.1, 0.15) is 23.7 Å². The van der Waals surface area contributed by atoms with Crippen molar-refractivity contribution in [1.29, 1.82) is 0 Å². The van der Waals surface area contributed by atoms with Crippen molar-refractivity contribution in [2.75, 3.05) is 13.2 Å². The van der Waals surface area contributed by atoms with E-state index in [1.807, 2.05) is 58.9 Å². The quantitative estimate of drug-likeness (QED) is 0.0508. The van der Waals surface area contributed by atoms with Crippen LogP contribution in [0.2, 0.25) is 18.1 Å². The molecule has 69 heavy (non-hydrogen) atoms. The molecule has 2 aliphatic carbocycles. The fourth-order valence-corrected chi connectivity index (χ4v) is 11.3. The minimum atomic E-state index is -2.01. The Labute approximate surface area is 415 Å². The summed E-state index contributed by atoms with van der Waals surface area (Å²) in [5.74, 6) is 13.8. The normalized spacial score (nSPS) is 25.0. The second kappa shape index (κ2) is 25.7.